The van der Waals surface area contributed by atoms with Gasteiger partial charge in [-0.05, 0) is 19.0 Å². The molecule has 0 aliphatic carbocycles. The summed E-state index contributed by atoms with van der Waals surface area (Å²) in [6.07, 6.45) is 4.86. The molecule has 0 unspecified atom stereocenters. The second kappa shape index (κ2) is 9.68. The zero-order valence-electron chi connectivity index (χ0n) is 12.5. The summed E-state index contributed by atoms with van der Waals surface area (Å²) in [7, 11) is 1.69. The van der Waals surface area contributed by atoms with Gasteiger partial charge in [-0.25, -0.2) is 0 Å². The Hall–Kier alpha value is -1.22. The number of methoxy groups -OCH3 is 1. The number of nitrogens with one attached hydrogen (secondary N) is 1. The van der Waals surface area contributed by atoms with E-state index in [-0.39, 0.29) is 0 Å². The molecule has 0 bridgehead atoms. The van der Waals surface area contributed by atoms with Crippen molar-refractivity contribution >= 4 is 0 Å². The first-order valence-corrected chi connectivity index (χ1v) is 7.32. The molecule has 0 spiro atoms. The van der Waals surface area contributed by atoms with Crippen molar-refractivity contribution in [1.82, 2.24) is 5.32 Å². The van der Waals surface area contributed by atoms with E-state index in [9.17, 15) is 0 Å². The summed E-state index contributed by atoms with van der Waals surface area (Å²) in [6.45, 7) is 6.85. The fourth-order valence-electron chi connectivity index (χ4n) is 1.99. The topological polar surface area (TPSA) is 30.5 Å². The predicted molar refractivity (Wildman–Crippen MR) is 80.0 cm³/mol. The average molecular weight is 265 g/mol. The molecule has 19 heavy (non-hydrogen) atoms. The molecule has 108 valence electrons. The van der Waals surface area contributed by atoms with Crippen molar-refractivity contribution in [2.45, 2.75) is 46.1 Å². The van der Waals surface area contributed by atoms with Crippen molar-refractivity contribution in [3.05, 3.63) is 23.8 Å². The maximum absolute atomic E-state index is 5.94. The van der Waals surface area contributed by atoms with Crippen LogP contribution < -0.4 is 14.8 Å². The number of hydrogen-bond acceptors (Lipinski definition) is 3. The number of hydrogen-bond donors (Lipinski definition) is 1. The summed E-state index contributed by atoms with van der Waals surface area (Å²) in [4.78, 5) is 0. The van der Waals surface area contributed by atoms with Crippen molar-refractivity contribution in [2.75, 3.05) is 20.3 Å². The molecule has 0 saturated heterocycles. The third kappa shape index (κ3) is 5.52. The summed E-state index contributed by atoms with van der Waals surface area (Å²) in [5.74, 6) is 1.72. The summed E-state index contributed by atoms with van der Waals surface area (Å²) in [5.41, 5.74) is 1.16. The Kier molecular flexibility index (Phi) is 8.07. The summed E-state index contributed by atoms with van der Waals surface area (Å²) >= 11 is 0. The van der Waals surface area contributed by atoms with Gasteiger partial charge in [0.05, 0.1) is 13.7 Å². The van der Waals surface area contributed by atoms with Crippen molar-refractivity contribution in [3.8, 4) is 11.5 Å². The minimum Gasteiger partial charge on any atom is -0.493 e. The fraction of sp³-hybridized carbons (Fsp3) is 0.625. The molecule has 0 saturated carbocycles. The van der Waals surface area contributed by atoms with Crippen LogP contribution in [0.2, 0.25) is 0 Å². The van der Waals surface area contributed by atoms with Crippen molar-refractivity contribution in [3.63, 3.8) is 0 Å². The first-order chi connectivity index (χ1) is 9.33. The lowest BCUT2D eigenvalue weighted by Gasteiger charge is -2.15. The zero-order chi connectivity index (χ0) is 13.9. The lowest BCUT2D eigenvalue weighted by atomic mass is 10.1. The van der Waals surface area contributed by atoms with Gasteiger partial charge in [0.25, 0.3) is 0 Å². The summed E-state index contributed by atoms with van der Waals surface area (Å²) in [5, 5.41) is 3.33. The minimum atomic E-state index is 0.763. The largest absolute Gasteiger partial charge is 0.493 e. The molecule has 0 atom stereocenters. The van der Waals surface area contributed by atoms with E-state index in [1.54, 1.807) is 7.11 Å². The molecular weight excluding hydrogens is 238 g/mol. The highest BCUT2D eigenvalue weighted by molar-refractivity contribution is 5.46. The second-order valence-corrected chi connectivity index (χ2v) is 4.64. The van der Waals surface area contributed by atoms with Gasteiger partial charge in [-0.1, -0.05) is 45.2 Å². The van der Waals surface area contributed by atoms with E-state index in [0.29, 0.717) is 0 Å². The average Bonchev–Trinajstić information content (AvgIpc) is 2.45. The molecule has 0 fully saturated rings. The maximum Gasteiger partial charge on any atom is 0.165 e. The normalized spacial score (nSPS) is 10.5. The Morgan fingerprint density at radius 1 is 1.11 bits per heavy atom. The van der Waals surface area contributed by atoms with Gasteiger partial charge >= 0.3 is 0 Å². The van der Waals surface area contributed by atoms with Crippen LogP contribution in [-0.2, 0) is 6.54 Å². The fourth-order valence-corrected chi connectivity index (χ4v) is 1.99. The van der Waals surface area contributed by atoms with Crippen LogP contribution in [0.1, 0.15) is 45.1 Å². The Labute approximate surface area is 117 Å². The molecule has 0 amide bonds. The molecule has 0 aliphatic heterocycles. The molecule has 1 aromatic rings. The van der Waals surface area contributed by atoms with Crippen LogP contribution in [0.25, 0.3) is 0 Å². The van der Waals surface area contributed by atoms with Crippen LogP contribution in [0.3, 0.4) is 0 Å². The van der Waals surface area contributed by atoms with Crippen LogP contribution >= 0.6 is 0 Å². The van der Waals surface area contributed by atoms with E-state index in [4.69, 9.17) is 9.47 Å². The van der Waals surface area contributed by atoms with E-state index in [0.717, 1.165) is 43.2 Å². The molecule has 3 heteroatoms. The number of benzene rings is 1. The molecule has 0 radical (unpaired) electrons. The zero-order valence-corrected chi connectivity index (χ0v) is 12.5. The molecule has 0 aromatic heterocycles. The first kappa shape index (κ1) is 15.8. The molecule has 1 rings (SSSR count). The standard InChI is InChI=1S/C16H27NO2/c1-4-6-7-8-12-19-16-14(13-17-5-2)10-9-11-15(16)18-3/h9-11,17H,4-8,12-13H2,1-3H3. The number of unbranched alkanes of at least 4 members (excludes halogenated alkanes) is 3. The Morgan fingerprint density at radius 3 is 2.63 bits per heavy atom. The number of ether oxygens (including phenoxy) is 2. The molecule has 1 N–H and O–H groups in total. The number of para-hydroxylation sites is 1. The third-order valence-corrected chi connectivity index (χ3v) is 3.09. The molecule has 3 nitrogen and oxygen atoms in total. The highest BCUT2D eigenvalue weighted by Crippen LogP contribution is 2.31. The molecule has 0 heterocycles. The van der Waals surface area contributed by atoms with E-state index in [1.807, 2.05) is 12.1 Å². The summed E-state index contributed by atoms with van der Waals surface area (Å²) in [6, 6.07) is 6.05. The quantitative estimate of drug-likeness (QED) is 0.653. The van der Waals surface area contributed by atoms with Crippen LogP contribution in [0.5, 0.6) is 11.5 Å². The lowest BCUT2D eigenvalue weighted by Crippen LogP contribution is -2.13. The highest BCUT2D eigenvalue weighted by Gasteiger charge is 2.09. The molecule has 1 aromatic carbocycles. The third-order valence-electron chi connectivity index (χ3n) is 3.09. The van der Waals surface area contributed by atoms with E-state index >= 15 is 0 Å². The molecular formula is C16H27NO2. The smallest absolute Gasteiger partial charge is 0.165 e. The SMILES string of the molecule is CCCCCCOc1c(CNCC)cccc1OC. The van der Waals surface area contributed by atoms with E-state index in [1.165, 1.54) is 19.3 Å². The van der Waals surface area contributed by atoms with Gasteiger partial charge in [-0.15, -0.1) is 0 Å². The van der Waals surface area contributed by atoms with Gasteiger partial charge in [0.2, 0.25) is 0 Å². The van der Waals surface area contributed by atoms with Gasteiger partial charge < -0.3 is 14.8 Å². The van der Waals surface area contributed by atoms with Gasteiger partial charge in [0.15, 0.2) is 11.5 Å². The molecule has 0 aliphatic rings. The predicted octanol–water partition coefficient (Wildman–Crippen LogP) is 3.76. The van der Waals surface area contributed by atoms with Gasteiger partial charge in [0.1, 0.15) is 0 Å². The van der Waals surface area contributed by atoms with E-state index in [2.05, 4.69) is 25.2 Å². The van der Waals surface area contributed by atoms with Crippen LogP contribution in [0.15, 0.2) is 18.2 Å². The minimum absolute atomic E-state index is 0.763. The van der Waals surface area contributed by atoms with Crippen LogP contribution in [0, 0.1) is 0 Å². The highest BCUT2D eigenvalue weighted by atomic mass is 16.5. The summed E-state index contributed by atoms with van der Waals surface area (Å²) < 4.78 is 11.3. The second-order valence-electron chi connectivity index (χ2n) is 4.64. The van der Waals surface area contributed by atoms with Crippen LogP contribution in [0.4, 0.5) is 0 Å². The van der Waals surface area contributed by atoms with Crippen molar-refractivity contribution < 1.29 is 9.47 Å². The monoisotopic (exact) mass is 265 g/mol. The lowest BCUT2D eigenvalue weighted by molar-refractivity contribution is 0.281. The van der Waals surface area contributed by atoms with Crippen molar-refractivity contribution in [1.29, 1.82) is 0 Å². The Balaban J connectivity index is 2.60. The van der Waals surface area contributed by atoms with Gasteiger partial charge in [0, 0.05) is 12.1 Å². The Bertz CT molecular complexity index is 353. The van der Waals surface area contributed by atoms with Crippen molar-refractivity contribution in [2.24, 2.45) is 0 Å². The van der Waals surface area contributed by atoms with Gasteiger partial charge in [-0.3, -0.25) is 0 Å². The van der Waals surface area contributed by atoms with Gasteiger partial charge in [-0.2, -0.15) is 0 Å². The van der Waals surface area contributed by atoms with Crippen LogP contribution in [-0.4, -0.2) is 20.3 Å². The Morgan fingerprint density at radius 2 is 1.95 bits per heavy atom. The first-order valence-electron chi connectivity index (χ1n) is 7.32. The number of rotatable bonds is 10. The maximum atomic E-state index is 5.94. The van der Waals surface area contributed by atoms with E-state index < -0.39 is 0 Å².